The topological polar surface area (TPSA) is 23.6 Å². The average Bonchev–Trinajstić information content (AvgIpc) is 2.63. The SMILES string of the molecule is Cc1ccc(C#CC(=O)N2CCN(Cc3ccc(F)cc3)CC2)cc1. The van der Waals surface area contributed by atoms with E-state index < -0.39 is 0 Å². The fourth-order valence-corrected chi connectivity index (χ4v) is 2.80. The number of hydrogen-bond donors (Lipinski definition) is 0. The summed E-state index contributed by atoms with van der Waals surface area (Å²) in [6.07, 6.45) is 0. The van der Waals surface area contributed by atoms with Gasteiger partial charge in [0, 0.05) is 44.2 Å². The number of amides is 1. The van der Waals surface area contributed by atoms with Crippen molar-refractivity contribution >= 4 is 5.91 Å². The predicted molar refractivity (Wildman–Crippen MR) is 96.3 cm³/mol. The van der Waals surface area contributed by atoms with Gasteiger partial charge in [0.15, 0.2) is 0 Å². The lowest BCUT2D eigenvalue weighted by atomic mass is 10.1. The van der Waals surface area contributed by atoms with Crippen LogP contribution in [0.3, 0.4) is 0 Å². The molecule has 25 heavy (non-hydrogen) atoms. The zero-order chi connectivity index (χ0) is 17.6. The van der Waals surface area contributed by atoms with Gasteiger partial charge >= 0.3 is 0 Å². The van der Waals surface area contributed by atoms with Crippen LogP contribution in [0.15, 0.2) is 48.5 Å². The minimum Gasteiger partial charge on any atom is -0.329 e. The Morgan fingerprint density at radius 2 is 1.64 bits per heavy atom. The summed E-state index contributed by atoms with van der Waals surface area (Å²) in [6.45, 7) is 5.74. The zero-order valence-corrected chi connectivity index (χ0v) is 14.3. The number of carbonyl (C=O) groups is 1. The van der Waals surface area contributed by atoms with Crippen LogP contribution in [-0.2, 0) is 11.3 Å². The Kier molecular flexibility index (Phi) is 5.47. The van der Waals surface area contributed by atoms with Gasteiger partial charge in [-0.05, 0) is 36.8 Å². The summed E-state index contributed by atoms with van der Waals surface area (Å²) < 4.78 is 12.9. The molecule has 1 amide bonds. The van der Waals surface area contributed by atoms with Crippen LogP contribution in [0, 0.1) is 24.6 Å². The molecule has 1 heterocycles. The number of aryl methyl sites for hydroxylation is 1. The number of rotatable bonds is 2. The highest BCUT2D eigenvalue weighted by molar-refractivity contribution is 5.94. The predicted octanol–water partition coefficient (Wildman–Crippen LogP) is 2.83. The van der Waals surface area contributed by atoms with Gasteiger partial charge in [-0.1, -0.05) is 35.7 Å². The number of piperazine rings is 1. The number of nitrogens with zero attached hydrogens (tertiary/aromatic N) is 2. The van der Waals surface area contributed by atoms with E-state index in [4.69, 9.17) is 0 Å². The first-order valence-electron chi connectivity index (χ1n) is 8.44. The van der Waals surface area contributed by atoms with Gasteiger partial charge in [0.2, 0.25) is 0 Å². The molecule has 2 aromatic rings. The number of halogens is 1. The van der Waals surface area contributed by atoms with E-state index in [0.717, 1.165) is 30.8 Å². The minimum atomic E-state index is -0.216. The van der Waals surface area contributed by atoms with Gasteiger partial charge in [0.25, 0.3) is 5.91 Å². The van der Waals surface area contributed by atoms with Crippen LogP contribution in [0.5, 0.6) is 0 Å². The minimum absolute atomic E-state index is 0.123. The zero-order valence-electron chi connectivity index (χ0n) is 14.3. The van der Waals surface area contributed by atoms with Crippen LogP contribution < -0.4 is 0 Å². The standard InChI is InChI=1S/C21H21FN2O/c1-17-2-4-18(5-3-17)8-11-21(25)24-14-12-23(13-15-24)16-19-6-9-20(22)10-7-19/h2-7,9-10H,12-16H2,1H3. The van der Waals surface area contributed by atoms with E-state index >= 15 is 0 Å². The third-order valence-corrected chi connectivity index (χ3v) is 4.34. The van der Waals surface area contributed by atoms with E-state index in [2.05, 4.69) is 16.7 Å². The van der Waals surface area contributed by atoms with E-state index in [1.807, 2.05) is 31.2 Å². The fourth-order valence-electron chi connectivity index (χ4n) is 2.80. The molecular formula is C21H21FN2O. The number of carbonyl (C=O) groups excluding carboxylic acids is 1. The summed E-state index contributed by atoms with van der Waals surface area (Å²) in [5.41, 5.74) is 3.11. The maximum absolute atomic E-state index is 12.9. The van der Waals surface area contributed by atoms with Crippen LogP contribution in [0.1, 0.15) is 16.7 Å². The van der Waals surface area contributed by atoms with Crippen LogP contribution in [0.4, 0.5) is 4.39 Å². The normalized spacial score (nSPS) is 14.7. The molecule has 4 heteroatoms. The molecule has 0 unspecified atom stereocenters. The molecule has 0 aromatic heterocycles. The van der Waals surface area contributed by atoms with Gasteiger partial charge < -0.3 is 4.90 Å². The monoisotopic (exact) mass is 336 g/mol. The van der Waals surface area contributed by atoms with Gasteiger partial charge in [-0.25, -0.2) is 4.39 Å². The third kappa shape index (κ3) is 4.91. The summed E-state index contributed by atoms with van der Waals surface area (Å²) in [5, 5.41) is 0. The maximum Gasteiger partial charge on any atom is 0.298 e. The number of hydrogen-bond acceptors (Lipinski definition) is 2. The van der Waals surface area contributed by atoms with E-state index in [1.54, 1.807) is 17.0 Å². The lowest BCUT2D eigenvalue weighted by Gasteiger charge is -2.33. The second-order valence-corrected chi connectivity index (χ2v) is 6.31. The molecule has 0 radical (unpaired) electrons. The summed E-state index contributed by atoms with van der Waals surface area (Å²) in [7, 11) is 0. The summed E-state index contributed by atoms with van der Waals surface area (Å²) in [4.78, 5) is 16.3. The van der Waals surface area contributed by atoms with Crippen LogP contribution >= 0.6 is 0 Å². The smallest absolute Gasteiger partial charge is 0.298 e. The van der Waals surface area contributed by atoms with Crippen molar-refractivity contribution in [1.82, 2.24) is 9.80 Å². The molecule has 0 aliphatic carbocycles. The number of benzene rings is 2. The second-order valence-electron chi connectivity index (χ2n) is 6.31. The van der Waals surface area contributed by atoms with Crippen molar-refractivity contribution in [3.05, 3.63) is 71.0 Å². The molecule has 0 N–H and O–H groups in total. The van der Waals surface area contributed by atoms with Crippen molar-refractivity contribution in [1.29, 1.82) is 0 Å². The largest absolute Gasteiger partial charge is 0.329 e. The van der Waals surface area contributed by atoms with Crippen molar-refractivity contribution in [3.8, 4) is 11.8 Å². The van der Waals surface area contributed by atoms with Crippen molar-refractivity contribution in [3.63, 3.8) is 0 Å². The summed E-state index contributed by atoms with van der Waals surface area (Å²) in [5.74, 6) is 5.33. The van der Waals surface area contributed by atoms with Gasteiger partial charge in [-0.3, -0.25) is 9.69 Å². The highest BCUT2D eigenvalue weighted by atomic mass is 19.1. The van der Waals surface area contributed by atoms with Gasteiger partial charge in [0.05, 0.1) is 0 Å². The first kappa shape index (κ1) is 17.2. The highest BCUT2D eigenvalue weighted by Crippen LogP contribution is 2.10. The molecule has 0 atom stereocenters. The van der Waals surface area contributed by atoms with Crippen molar-refractivity contribution in [2.24, 2.45) is 0 Å². The molecule has 1 aliphatic rings. The second kappa shape index (κ2) is 7.96. The Bertz CT molecular complexity index is 779. The van der Waals surface area contributed by atoms with Crippen LogP contribution in [-0.4, -0.2) is 41.9 Å². The molecule has 2 aromatic carbocycles. The van der Waals surface area contributed by atoms with Crippen molar-refractivity contribution in [2.75, 3.05) is 26.2 Å². The first-order chi connectivity index (χ1) is 12.1. The lowest BCUT2D eigenvalue weighted by Crippen LogP contribution is -2.47. The Balaban J connectivity index is 1.51. The molecule has 1 aliphatic heterocycles. The van der Waals surface area contributed by atoms with Crippen molar-refractivity contribution < 1.29 is 9.18 Å². The Hall–Kier alpha value is -2.64. The Morgan fingerprint density at radius 3 is 2.28 bits per heavy atom. The van der Waals surface area contributed by atoms with E-state index in [-0.39, 0.29) is 11.7 Å². The molecular weight excluding hydrogens is 315 g/mol. The quantitative estimate of drug-likeness (QED) is 0.788. The van der Waals surface area contributed by atoms with Crippen LogP contribution in [0.2, 0.25) is 0 Å². The Morgan fingerprint density at radius 1 is 1.00 bits per heavy atom. The van der Waals surface area contributed by atoms with E-state index in [1.165, 1.54) is 17.7 Å². The maximum atomic E-state index is 12.9. The molecule has 0 saturated carbocycles. The molecule has 3 rings (SSSR count). The summed E-state index contributed by atoms with van der Waals surface area (Å²) in [6, 6.07) is 14.4. The third-order valence-electron chi connectivity index (χ3n) is 4.34. The fraction of sp³-hybridized carbons (Fsp3) is 0.286. The molecule has 0 spiro atoms. The van der Waals surface area contributed by atoms with Gasteiger partial charge in [0.1, 0.15) is 5.82 Å². The van der Waals surface area contributed by atoms with Gasteiger partial charge in [-0.2, -0.15) is 0 Å². The molecule has 128 valence electrons. The van der Waals surface area contributed by atoms with Crippen LogP contribution in [0.25, 0.3) is 0 Å². The summed E-state index contributed by atoms with van der Waals surface area (Å²) >= 11 is 0. The Labute approximate surface area is 148 Å². The molecule has 1 fully saturated rings. The van der Waals surface area contributed by atoms with E-state index in [9.17, 15) is 9.18 Å². The average molecular weight is 336 g/mol. The molecule has 1 saturated heterocycles. The van der Waals surface area contributed by atoms with Gasteiger partial charge in [-0.15, -0.1) is 0 Å². The highest BCUT2D eigenvalue weighted by Gasteiger charge is 2.19. The first-order valence-corrected chi connectivity index (χ1v) is 8.44. The lowest BCUT2D eigenvalue weighted by molar-refractivity contribution is -0.126. The van der Waals surface area contributed by atoms with E-state index in [0.29, 0.717) is 13.1 Å². The molecule has 3 nitrogen and oxygen atoms in total. The molecule has 0 bridgehead atoms. The van der Waals surface area contributed by atoms with Crippen molar-refractivity contribution in [2.45, 2.75) is 13.5 Å².